The molecule has 0 radical (unpaired) electrons. The zero-order chi connectivity index (χ0) is 43.9. The van der Waals surface area contributed by atoms with Gasteiger partial charge in [-0.3, -0.25) is 9.59 Å². The molecule has 13 nitrogen and oxygen atoms in total. The Labute approximate surface area is 350 Å². The van der Waals surface area contributed by atoms with Crippen LogP contribution in [0.1, 0.15) is 120 Å². The first-order chi connectivity index (χ1) is 27.7. The number of carbonyl (C=O) groups excluding carboxylic acids is 3. The van der Waals surface area contributed by atoms with E-state index in [1.165, 1.54) is 20.8 Å². The van der Waals surface area contributed by atoms with Crippen LogP contribution < -0.4 is 0 Å². The van der Waals surface area contributed by atoms with Crippen LogP contribution in [0.5, 0.6) is 0 Å². The fourth-order valence-corrected chi connectivity index (χ4v) is 9.40. The van der Waals surface area contributed by atoms with Gasteiger partial charge >= 0.3 is 5.97 Å². The van der Waals surface area contributed by atoms with Crippen LogP contribution in [0.25, 0.3) is 0 Å². The van der Waals surface area contributed by atoms with Gasteiger partial charge in [-0.2, -0.15) is 0 Å². The normalized spacial score (nSPS) is 39.3. The molecular formula is C45H70FN3O10. The number of alkyl halides is 1. The number of aliphatic hydroxyl groups is 2. The molecule has 2 bridgehead atoms. The Bertz CT molecular complexity index is 1640. The van der Waals surface area contributed by atoms with Crippen molar-refractivity contribution in [2.75, 3.05) is 20.2 Å². The number of Topliss-reactive ketones (excluding diaryl/α,β-unsaturated/α-hetero) is 1. The average molecular weight is 832 g/mol. The summed E-state index contributed by atoms with van der Waals surface area (Å²) in [6.07, 6.45) is -2.29. The van der Waals surface area contributed by atoms with Gasteiger partial charge in [0.25, 0.3) is 5.67 Å². The van der Waals surface area contributed by atoms with Crippen molar-refractivity contribution in [1.29, 1.82) is 0 Å². The molecule has 3 fully saturated rings. The lowest BCUT2D eigenvalue weighted by Crippen LogP contribution is -2.61. The van der Waals surface area contributed by atoms with Gasteiger partial charge in [0.1, 0.15) is 24.4 Å². The first-order valence-electron chi connectivity index (χ1n) is 21.5. The molecular weight excluding hydrogens is 762 g/mol. The van der Waals surface area contributed by atoms with Gasteiger partial charge in [0.05, 0.1) is 30.1 Å². The standard InChI is InChI=1S/C45H70FN3O10/c1-12-14-22-49(11)35-23-28(4)57-41(38(35)51)59-40-30(6)39(52)44(9,46)42(53)58-36(13-2)45(10,54)34-21-20-33(48-56-25-32-18-16-15-17-19-32)26-55-43(40,8)24-27(3)37(29(34)5)47-31(7)50/h15-19,27-30,34-36,38,40-41,51,54H,12-14,20-26H2,1-11H3/b47-37+,48-33+/t27-,28-,29-,30+,34-,35+,36-,38-,40-,41+,43-,44+,45+/m1/s1. The monoisotopic (exact) mass is 832 g/mol. The Hall–Kier alpha value is -3.14. The summed E-state index contributed by atoms with van der Waals surface area (Å²) in [5.74, 6) is -6.22. The number of halogens is 1. The molecule has 1 amide bonds. The van der Waals surface area contributed by atoms with Crippen LogP contribution in [-0.4, -0.2) is 118 Å². The molecule has 0 unspecified atom stereocenters. The van der Waals surface area contributed by atoms with E-state index in [0.717, 1.165) is 31.9 Å². The summed E-state index contributed by atoms with van der Waals surface area (Å²) < 4.78 is 42.7. The van der Waals surface area contributed by atoms with Gasteiger partial charge in [-0.25, -0.2) is 14.2 Å². The maximum Gasteiger partial charge on any atom is 0.351 e. The molecule has 1 aromatic carbocycles. The molecule has 4 rings (SSSR count). The van der Waals surface area contributed by atoms with Gasteiger partial charge in [0.2, 0.25) is 5.91 Å². The van der Waals surface area contributed by atoms with E-state index < -0.39 is 82.8 Å². The molecule has 3 aliphatic heterocycles. The van der Waals surface area contributed by atoms with Gasteiger partial charge in [0.15, 0.2) is 12.1 Å². The third-order valence-corrected chi connectivity index (χ3v) is 12.8. The quantitative estimate of drug-likeness (QED) is 0.152. The first kappa shape index (κ1) is 48.5. The van der Waals surface area contributed by atoms with Crippen LogP contribution in [0.15, 0.2) is 40.5 Å². The van der Waals surface area contributed by atoms with E-state index >= 15 is 4.39 Å². The number of benzene rings is 1. The number of oxime groups is 1. The molecule has 3 aliphatic rings. The third-order valence-electron chi connectivity index (χ3n) is 12.8. The second-order valence-corrected chi connectivity index (χ2v) is 17.8. The second-order valence-electron chi connectivity index (χ2n) is 17.8. The fraction of sp³-hybridized carbons (Fsp3) is 0.756. The molecule has 13 atom stereocenters. The Morgan fingerprint density at radius 1 is 1.07 bits per heavy atom. The number of cyclic esters (lactones) is 1. The van der Waals surface area contributed by atoms with E-state index in [0.29, 0.717) is 17.8 Å². The van der Waals surface area contributed by atoms with Crippen molar-refractivity contribution in [3.8, 4) is 0 Å². The Balaban J connectivity index is 1.95. The summed E-state index contributed by atoms with van der Waals surface area (Å²) >= 11 is 0. The largest absolute Gasteiger partial charge is 0.457 e. The second kappa shape index (κ2) is 20.6. The summed E-state index contributed by atoms with van der Waals surface area (Å²) in [5, 5.41) is 28.9. The van der Waals surface area contributed by atoms with Crippen molar-refractivity contribution in [2.24, 2.45) is 33.8 Å². The number of amides is 1. The average Bonchev–Trinajstić information content (AvgIpc) is 3.20. The summed E-state index contributed by atoms with van der Waals surface area (Å²) in [4.78, 5) is 53.8. The lowest BCUT2D eigenvalue weighted by molar-refractivity contribution is -0.297. The Morgan fingerprint density at radius 2 is 1.75 bits per heavy atom. The van der Waals surface area contributed by atoms with Crippen LogP contribution in [0.2, 0.25) is 0 Å². The number of aliphatic imine (C=N–C) groups is 1. The molecule has 0 aromatic heterocycles. The smallest absolute Gasteiger partial charge is 0.351 e. The van der Waals surface area contributed by atoms with Crippen molar-refractivity contribution in [2.45, 2.75) is 174 Å². The SMILES string of the molecule is CCCCN(C)[C@H]1C[C@@H](C)O[C@@H](O[C@@H]2[C@@H](C)C(=O)[C@](C)(F)C(=O)O[C@H](CC)[C@@](C)(O)[C@@H]3CC/C(=N\OCc4ccccc4)CO[C@]2(C)C[C@@H](C)/C(=N\C(C)=O)[C@@H]3C)[C@@H]1O. The van der Waals surface area contributed by atoms with Gasteiger partial charge in [-0.05, 0) is 97.2 Å². The summed E-state index contributed by atoms with van der Waals surface area (Å²) in [6.45, 7) is 17.2. The number of fused-ring (bicyclic) bond motifs is 5. The van der Waals surface area contributed by atoms with Gasteiger partial charge in [-0.15, -0.1) is 0 Å². The van der Waals surface area contributed by atoms with Crippen LogP contribution in [0.4, 0.5) is 4.39 Å². The van der Waals surface area contributed by atoms with Crippen molar-refractivity contribution >= 4 is 29.1 Å². The highest BCUT2D eigenvalue weighted by Crippen LogP contribution is 2.43. The minimum Gasteiger partial charge on any atom is -0.457 e. The van der Waals surface area contributed by atoms with Gasteiger partial charge in [-0.1, -0.05) is 76.5 Å². The van der Waals surface area contributed by atoms with Crippen molar-refractivity contribution < 1.29 is 52.8 Å². The topological polar surface area (TPSA) is 166 Å². The lowest BCUT2D eigenvalue weighted by Gasteiger charge is -2.48. The molecule has 3 saturated heterocycles. The number of unbranched alkanes of at least 4 members (excludes halogenated alkanes) is 1. The molecule has 0 aliphatic carbocycles. The Kier molecular flexibility index (Phi) is 17.0. The minimum atomic E-state index is -3.16. The maximum absolute atomic E-state index is 17.0. The number of nitrogens with zero attached hydrogens (tertiary/aromatic N) is 3. The molecule has 0 spiro atoms. The zero-order valence-electron chi connectivity index (χ0n) is 37.1. The number of aliphatic hydroxyl groups excluding tert-OH is 1. The van der Waals surface area contributed by atoms with Gasteiger partial charge in [0, 0.05) is 30.5 Å². The molecule has 0 saturated carbocycles. The van der Waals surface area contributed by atoms with E-state index in [9.17, 15) is 24.6 Å². The predicted molar refractivity (Wildman–Crippen MR) is 222 cm³/mol. The van der Waals surface area contributed by atoms with Crippen LogP contribution in [-0.2, 0) is 44.8 Å². The highest BCUT2D eigenvalue weighted by atomic mass is 19.1. The fourth-order valence-electron chi connectivity index (χ4n) is 9.40. The van der Waals surface area contributed by atoms with E-state index in [1.54, 1.807) is 13.8 Å². The highest BCUT2D eigenvalue weighted by Gasteiger charge is 2.56. The number of likely N-dealkylation sites (N-methyl/N-ethyl adjacent to an activating group) is 1. The van der Waals surface area contributed by atoms with Crippen LogP contribution in [0.3, 0.4) is 0 Å². The number of hydrogen-bond donors (Lipinski definition) is 2. The molecule has 1 aromatic rings. The maximum atomic E-state index is 17.0. The highest BCUT2D eigenvalue weighted by molar-refractivity contribution is 6.08. The summed E-state index contributed by atoms with van der Waals surface area (Å²) in [7, 11) is 1.94. The molecule has 59 heavy (non-hydrogen) atoms. The van der Waals surface area contributed by atoms with Crippen LogP contribution in [0, 0.1) is 23.7 Å². The van der Waals surface area contributed by atoms with Crippen molar-refractivity contribution in [3.05, 3.63) is 35.9 Å². The van der Waals surface area contributed by atoms with E-state index in [-0.39, 0.29) is 51.0 Å². The minimum absolute atomic E-state index is 0.0849. The number of ether oxygens (including phenoxy) is 4. The van der Waals surface area contributed by atoms with Crippen molar-refractivity contribution in [3.63, 3.8) is 0 Å². The number of hydrogen-bond acceptors (Lipinski definition) is 12. The Morgan fingerprint density at radius 3 is 2.37 bits per heavy atom. The number of carbonyl (C=O) groups is 3. The summed E-state index contributed by atoms with van der Waals surface area (Å²) in [6, 6.07) is 9.18. The first-order valence-corrected chi connectivity index (χ1v) is 21.5. The number of ketones is 1. The van der Waals surface area contributed by atoms with E-state index in [2.05, 4.69) is 22.0 Å². The van der Waals surface area contributed by atoms with Crippen molar-refractivity contribution in [1.82, 2.24) is 4.90 Å². The molecule has 14 heteroatoms. The molecule has 3 heterocycles. The van der Waals surface area contributed by atoms with Crippen LogP contribution >= 0.6 is 0 Å². The lowest BCUT2D eigenvalue weighted by atomic mass is 9.68. The van der Waals surface area contributed by atoms with E-state index in [4.69, 9.17) is 23.8 Å². The van der Waals surface area contributed by atoms with E-state index in [1.807, 2.05) is 58.2 Å². The number of esters is 1. The zero-order valence-corrected chi connectivity index (χ0v) is 37.1. The third kappa shape index (κ3) is 11.6. The predicted octanol–water partition coefficient (Wildman–Crippen LogP) is 6.40. The number of rotatable bonds is 10. The molecule has 2 N–H and O–H groups in total. The molecule has 332 valence electrons. The summed E-state index contributed by atoms with van der Waals surface area (Å²) in [5.41, 5.74) is -4.60. The van der Waals surface area contributed by atoms with Gasteiger partial charge < -0.3 is 38.9 Å².